The summed E-state index contributed by atoms with van der Waals surface area (Å²) in [5.41, 5.74) is 1.12. The molecular formula is C14H18ClN5O. The molecule has 1 aliphatic rings. The van der Waals surface area contributed by atoms with E-state index < -0.39 is 0 Å². The molecule has 21 heavy (non-hydrogen) atoms. The van der Waals surface area contributed by atoms with Crippen LogP contribution in [0, 0.1) is 6.92 Å². The maximum absolute atomic E-state index is 5.95. The van der Waals surface area contributed by atoms with Gasteiger partial charge in [0.2, 0.25) is 5.89 Å². The van der Waals surface area contributed by atoms with Gasteiger partial charge in [-0.2, -0.15) is 4.98 Å². The van der Waals surface area contributed by atoms with Crippen LogP contribution in [0.5, 0.6) is 0 Å². The number of hydrogen-bond acceptors (Lipinski definition) is 6. The number of hydrogen-bond donors (Lipinski definition) is 0. The molecule has 0 aromatic carbocycles. The van der Waals surface area contributed by atoms with E-state index in [2.05, 4.69) is 31.8 Å². The highest BCUT2D eigenvalue weighted by Crippen LogP contribution is 2.23. The Morgan fingerprint density at radius 2 is 2.05 bits per heavy atom. The number of rotatable bonds is 3. The van der Waals surface area contributed by atoms with E-state index in [-0.39, 0.29) is 6.04 Å². The van der Waals surface area contributed by atoms with Gasteiger partial charge in [-0.3, -0.25) is 4.90 Å². The van der Waals surface area contributed by atoms with Crippen molar-refractivity contribution in [3.63, 3.8) is 0 Å². The monoisotopic (exact) mass is 307 g/mol. The number of anilines is 1. The first-order valence-electron chi connectivity index (χ1n) is 7.04. The Labute approximate surface area is 128 Å². The van der Waals surface area contributed by atoms with Crippen molar-refractivity contribution < 1.29 is 4.52 Å². The molecule has 1 saturated heterocycles. The largest absolute Gasteiger partial charge is 0.369 e. The minimum absolute atomic E-state index is 0.148. The molecule has 112 valence electrons. The lowest BCUT2D eigenvalue weighted by molar-refractivity contribution is 0.164. The zero-order valence-electron chi connectivity index (χ0n) is 12.2. The van der Waals surface area contributed by atoms with E-state index >= 15 is 0 Å². The van der Waals surface area contributed by atoms with Crippen molar-refractivity contribution in [3.05, 3.63) is 35.2 Å². The molecule has 3 heterocycles. The summed E-state index contributed by atoms with van der Waals surface area (Å²) >= 11 is 5.95. The van der Waals surface area contributed by atoms with Gasteiger partial charge in [-0.25, -0.2) is 4.98 Å². The first-order chi connectivity index (χ1) is 10.1. The van der Waals surface area contributed by atoms with Gasteiger partial charge in [0.25, 0.3) is 0 Å². The van der Waals surface area contributed by atoms with Gasteiger partial charge in [-0.1, -0.05) is 16.8 Å². The number of pyridine rings is 1. The van der Waals surface area contributed by atoms with Crippen LogP contribution in [0.2, 0.25) is 5.15 Å². The third-order valence-corrected chi connectivity index (χ3v) is 4.04. The zero-order chi connectivity index (χ0) is 14.8. The molecular weight excluding hydrogens is 290 g/mol. The van der Waals surface area contributed by atoms with Crippen LogP contribution < -0.4 is 4.90 Å². The molecule has 1 atom stereocenters. The van der Waals surface area contributed by atoms with Crippen LogP contribution in [-0.4, -0.2) is 46.2 Å². The van der Waals surface area contributed by atoms with Crippen LogP contribution in [0.15, 0.2) is 22.9 Å². The summed E-state index contributed by atoms with van der Waals surface area (Å²) in [7, 11) is 0. The fourth-order valence-corrected chi connectivity index (χ4v) is 2.76. The van der Waals surface area contributed by atoms with Gasteiger partial charge in [0.05, 0.1) is 6.04 Å². The Kier molecular flexibility index (Phi) is 4.07. The van der Waals surface area contributed by atoms with Gasteiger partial charge in [0, 0.05) is 38.1 Å². The lowest BCUT2D eigenvalue weighted by atomic mass is 10.2. The predicted molar refractivity (Wildman–Crippen MR) is 80.5 cm³/mol. The van der Waals surface area contributed by atoms with E-state index in [1.807, 2.05) is 19.1 Å². The highest BCUT2D eigenvalue weighted by atomic mass is 35.5. The van der Waals surface area contributed by atoms with Crippen LogP contribution in [0.1, 0.15) is 24.7 Å². The molecule has 0 aliphatic carbocycles. The number of aromatic nitrogens is 3. The van der Waals surface area contributed by atoms with Gasteiger partial charge in [-0.05, 0) is 26.0 Å². The highest BCUT2D eigenvalue weighted by Gasteiger charge is 2.25. The molecule has 7 heteroatoms. The first kappa shape index (κ1) is 14.3. The third kappa shape index (κ3) is 3.16. The Hall–Kier alpha value is -1.66. The molecule has 1 unspecified atom stereocenters. The van der Waals surface area contributed by atoms with Crippen molar-refractivity contribution in [1.29, 1.82) is 0 Å². The van der Waals surface area contributed by atoms with Gasteiger partial charge >= 0.3 is 0 Å². The van der Waals surface area contributed by atoms with Gasteiger partial charge in [-0.15, -0.1) is 0 Å². The Morgan fingerprint density at radius 3 is 2.67 bits per heavy atom. The van der Waals surface area contributed by atoms with Crippen molar-refractivity contribution in [2.24, 2.45) is 0 Å². The second-order valence-electron chi connectivity index (χ2n) is 5.22. The van der Waals surface area contributed by atoms with Crippen molar-refractivity contribution >= 4 is 17.3 Å². The molecule has 2 aromatic rings. The molecule has 0 radical (unpaired) electrons. The summed E-state index contributed by atoms with van der Waals surface area (Å²) in [6.07, 6.45) is 1.74. The molecule has 1 aliphatic heterocycles. The Morgan fingerprint density at radius 1 is 1.29 bits per heavy atom. The van der Waals surface area contributed by atoms with Crippen LogP contribution in [-0.2, 0) is 0 Å². The lowest BCUT2D eigenvalue weighted by Gasteiger charge is -2.38. The van der Waals surface area contributed by atoms with Crippen molar-refractivity contribution in [2.75, 3.05) is 31.1 Å². The maximum atomic E-state index is 5.95. The van der Waals surface area contributed by atoms with Gasteiger partial charge < -0.3 is 9.42 Å². The van der Waals surface area contributed by atoms with Crippen LogP contribution in [0.4, 0.5) is 5.69 Å². The zero-order valence-corrected chi connectivity index (χ0v) is 12.9. The molecule has 1 fully saturated rings. The van der Waals surface area contributed by atoms with E-state index in [1.165, 1.54) is 0 Å². The number of nitrogens with zero attached hydrogens (tertiary/aromatic N) is 5. The van der Waals surface area contributed by atoms with Crippen molar-refractivity contribution in [1.82, 2.24) is 20.0 Å². The predicted octanol–water partition coefficient (Wildman–Crippen LogP) is 2.31. The summed E-state index contributed by atoms with van der Waals surface area (Å²) < 4.78 is 5.26. The van der Waals surface area contributed by atoms with Crippen molar-refractivity contribution in [2.45, 2.75) is 19.9 Å². The summed E-state index contributed by atoms with van der Waals surface area (Å²) in [4.78, 5) is 13.0. The normalized spacial score (nSPS) is 18.0. The molecule has 3 rings (SSSR count). The Bertz CT molecular complexity index is 609. The molecule has 0 saturated carbocycles. The molecule has 6 nitrogen and oxygen atoms in total. The first-order valence-corrected chi connectivity index (χ1v) is 7.42. The molecule has 0 bridgehead atoms. The molecule has 2 aromatic heterocycles. The average Bonchev–Trinajstić information content (AvgIpc) is 2.93. The second kappa shape index (κ2) is 5.99. The fourth-order valence-electron chi connectivity index (χ4n) is 2.60. The number of piperazine rings is 1. The summed E-state index contributed by atoms with van der Waals surface area (Å²) in [5.74, 6) is 1.37. The van der Waals surface area contributed by atoms with E-state index in [9.17, 15) is 0 Å². The average molecular weight is 308 g/mol. The topological polar surface area (TPSA) is 58.3 Å². The van der Waals surface area contributed by atoms with Gasteiger partial charge in [0.15, 0.2) is 5.82 Å². The SMILES string of the molecule is Cc1noc(C(C)N2CCN(c3ccnc(Cl)c3)CC2)n1. The quantitative estimate of drug-likeness (QED) is 0.811. The summed E-state index contributed by atoms with van der Waals surface area (Å²) in [6, 6.07) is 4.04. The molecule has 0 amide bonds. The molecule has 0 N–H and O–H groups in total. The van der Waals surface area contributed by atoms with E-state index in [1.54, 1.807) is 6.20 Å². The number of aryl methyl sites for hydroxylation is 1. The maximum Gasteiger partial charge on any atom is 0.243 e. The molecule has 0 spiro atoms. The minimum Gasteiger partial charge on any atom is -0.369 e. The van der Waals surface area contributed by atoms with Crippen LogP contribution in [0.25, 0.3) is 0 Å². The summed E-state index contributed by atoms with van der Waals surface area (Å²) in [5, 5.41) is 4.39. The smallest absolute Gasteiger partial charge is 0.243 e. The minimum atomic E-state index is 0.148. The number of halogens is 1. The standard InChI is InChI=1S/C14H18ClN5O/c1-10(14-17-11(2)18-21-14)19-5-7-20(8-6-19)12-3-4-16-13(15)9-12/h3-4,9-10H,5-8H2,1-2H3. The van der Waals surface area contributed by atoms with E-state index in [0.717, 1.165) is 31.9 Å². The van der Waals surface area contributed by atoms with E-state index in [4.69, 9.17) is 16.1 Å². The highest BCUT2D eigenvalue weighted by molar-refractivity contribution is 6.29. The van der Waals surface area contributed by atoms with Crippen LogP contribution >= 0.6 is 11.6 Å². The fraction of sp³-hybridized carbons (Fsp3) is 0.500. The van der Waals surface area contributed by atoms with Gasteiger partial charge in [0.1, 0.15) is 5.15 Å². The Balaban J connectivity index is 1.62. The van der Waals surface area contributed by atoms with E-state index in [0.29, 0.717) is 16.9 Å². The van der Waals surface area contributed by atoms with Crippen molar-refractivity contribution in [3.8, 4) is 0 Å². The lowest BCUT2D eigenvalue weighted by Crippen LogP contribution is -2.47. The second-order valence-corrected chi connectivity index (χ2v) is 5.60. The summed E-state index contributed by atoms with van der Waals surface area (Å²) in [6.45, 7) is 7.72. The van der Waals surface area contributed by atoms with Crippen LogP contribution in [0.3, 0.4) is 0 Å². The third-order valence-electron chi connectivity index (χ3n) is 3.84.